The molecule has 2 spiro atoms. The highest BCUT2D eigenvalue weighted by Crippen LogP contribution is 2.63. The Kier molecular flexibility index (Phi) is 16.5. The van der Waals surface area contributed by atoms with Crippen molar-refractivity contribution in [2.24, 2.45) is 5.41 Å². The van der Waals surface area contributed by atoms with E-state index in [0.29, 0.717) is 59.6 Å². The summed E-state index contributed by atoms with van der Waals surface area (Å²) in [6.45, 7) is 9.30. The third-order valence-corrected chi connectivity index (χ3v) is 17.7. The normalized spacial score (nSPS) is 22.4. The second-order valence-electron chi connectivity index (χ2n) is 22.3. The number of fused-ring (bicyclic) bond motifs is 3. The van der Waals surface area contributed by atoms with Gasteiger partial charge in [0.2, 0.25) is 29.5 Å². The molecule has 5 amide bonds. The summed E-state index contributed by atoms with van der Waals surface area (Å²) >= 11 is 14.4. The van der Waals surface area contributed by atoms with Crippen molar-refractivity contribution < 1.29 is 38.3 Å². The number of nitrogens with one attached hydrogen (secondary N) is 5. The molecule has 5 aromatic rings. The molecule has 0 bridgehead atoms. The highest BCUT2D eigenvalue weighted by Gasteiger charge is 2.72. The average molecular weight is 1110 g/mol. The van der Waals surface area contributed by atoms with Gasteiger partial charge in [0.1, 0.15) is 23.3 Å². The van der Waals surface area contributed by atoms with Crippen molar-refractivity contribution in [2.75, 3.05) is 17.2 Å². The first-order valence-electron chi connectivity index (χ1n) is 26.6. The maximum Gasteiger partial charge on any atom is 0.246 e. The summed E-state index contributed by atoms with van der Waals surface area (Å²) < 4.78 is 16.3. The maximum atomic E-state index is 16.3. The number of aliphatic hydroxyl groups is 1. The van der Waals surface area contributed by atoms with E-state index in [1.165, 1.54) is 11.0 Å². The first-order chi connectivity index (χ1) is 36.7. The first-order valence-corrected chi connectivity index (χ1v) is 28.2. The number of carbonyl (C=O) groups is 6. The second kappa shape index (κ2) is 22.7. The summed E-state index contributed by atoms with van der Waals surface area (Å²) in [5.41, 5.74) is 3.85. The van der Waals surface area contributed by atoms with E-state index in [9.17, 15) is 33.9 Å². The van der Waals surface area contributed by atoms with E-state index >= 15 is 4.39 Å². The Hall–Kier alpha value is -6.04. The number of likely N-dealkylation sites (tertiary alicyclic amines) is 1. The molecule has 14 nitrogen and oxygen atoms in total. The Morgan fingerprint density at radius 1 is 0.909 bits per heavy atom. The summed E-state index contributed by atoms with van der Waals surface area (Å²) in [5.74, 6) is -3.79. The molecule has 7 atom stereocenters. The molecule has 3 fully saturated rings. The van der Waals surface area contributed by atoms with Gasteiger partial charge < -0.3 is 31.3 Å². The molecular formula is C59H66Cl2FN7O7S. The molecule has 4 heterocycles. The van der Waals surface area contributed by atoms with Crippen molar-refractivity contribution in [3.05, 3.63) is 134 Å². The third-order valence-electron chi connectivity index (χ3n) is 16.1. The molecule has 4 aliphatic rings. The number of amides is 5. The van der Waals surface area contributed by atoms with E-state index in [0.717, 1.165) is 41.0 Å². The van der Waals surface area contributed by atoms with Crippen LogP contribution in [-0.2, 0) is 29.4 Å². The molecule has 77 heavy (non-hydrogen) atoms. The molecular weight excluding hydrogens is 1040 g/mol. The topological polar surface area (TPSA) is 199 Å². The molecule has 0 radical (unpaired) electrons. The van der Waals surface area contributed by atoms with E-state index in [-0.39, 0.29) is 65.9 Å². The van der Waals surface area contributed by atoms with Crippen molar-refractivity contribution >= 4 is 81.2 Å². The van der Waals surface area contributed by atoms with Crippen molar-refractivity contribution in [1.82, 2.24) is 25.8 Å². The summed E-state index contributed by atoms with van der Waals surface area (Å²) in [6, 6.07) is 21.0. The van der Waals surface area contributed by atoms with Crippen molar-refractivity contribution in [3.8, 4) is 10.4 Å². The Morgan fingerprint density at radius 3 is 2.31 bits per heavy atom. The number of benzene rings is 4. The number of β-amino-alcohol motifs (C(OH)–C–C–N with tert-alkyl or cyclic N) is 1. The number of nitrogens with zero attached hydrogens (tertiary/aromatic N) is 2. The number of hydrogen-bond acceptors (Lipinski definition) is 10. The largest absolute Gasteiger partial charge is 0.391 e. The lowest BCUT2D eigenvalue weighted by molar-refractivity contribution is -0.144. The highest BCUT2D eigenvalue weighted by atomic mass is 35.5. The maximum absolute atomic E-state index is 16.3. The fourth-order valence-corrected chi connectivity index (χ4v) is 13.5. The van der Waals surface area contributed by atoms with Gasteiger partial charge in [0.25, 0.3) is 0 Å². The first kappa shape index (κ1) is 55.7. The zero-order valence-corrected chi connectivity index (χ0v) is 46.3. The van der Waals surface area contributed by atoms with Crippen LogP contribution in [-0.4, -0.2) is 86.6 Å². The van der Waals surface area contributed by atoms with E-state index in [1.807, 2.05) is 58.9 Å². The van der Waals surface area contributed by atoms with Crippen LogP contribution in [0.3, 0.4) is 0 Å². The number of hydrogen-bond donors (Lipinski definition) is 6. The fraction of sp³-hybridized carbons (Fsp3) is 0.441. The standard InChI is InChI=1S/C59H66Cl2FN7O7S/c1-33(35-17-19-37(20-18-35)51-34(2)63-32-77-51)64-53(73)45-30-40(70)31-69(45)55(75)52(57(3,4)5)67-47(72)16-9-6-8-15-46(71)36-21-24-39(25-22-36)65-54(74)50-48(41-13-12-14-43(61)49(41)62)59(58(68-50)27-10-7-11-28-58)42-26-23-38(60)29-44(42)66-56(59)76/h12-14,17-26,29,32-33,40,45,48,50,52,68,70H,6-11,15-16,27-28,30-31H2,1-5H3,(H,64,73)(H,65,74)(H,66,76)(H,67,72)/t33-,40+,45-,48-,50+,52+,59+/m0/s1. The SMILES string of the molecule is Cc1ncsc1-c1ccc([C@H](C)NC(=O)[C@@H]2C[C@@H](O)CN2C(=O)[C@@H](NC(=O)CCCCCC(=O)c2ccc(NC(=O)[C@@H]3NC4(CCCCC4)[C@@]4(C(=O)Nc5cc(Cl)ccc54)[C@H]3c3cccc(Cl)c3F)cc2)C(C)(C)C)cc1. The van der Waals surface area contributed by atoms with Crippen LogP contribution in [0.1, 0.15) is 143 Å². The van der Waals surface area contributed by atoms with Gasteiger partial charge in [-0.15, -0.1) is 11.3 Å². The molecule has 6 N–H and O–H groups in total. The molecule has 18 heteroatoms. The van der Waals surface area contributed by atoms with Gasteiger partial charge >= 0.3 is 0 Å². The number of aliphatic hydroxyl groups excluding tert-OH is 1. The molecule has 2 saturated heterocycles. The van der Waals surface area contributed by atoms with E-state index in [2.05, 4.69) is 31.6 Å². The van der Waals surface area contributed by atoms with Gasteiger partial charge in [-0.2, -0.15) is 0 Å². The number of Topliss-reactive ketones (excluding diaryl/α,β-unsaturated/α-hetero) is 1. The number of rotatable bonds is 16. The number of aromatic nitrogens is 1. The Bertz CT molecular complexity index is 3070. The molecule has 4 aromatic carbocycles. The second-order valence-corrected chi connectivity index (χ2v) is 24.0. The smallest absolute Gasteiger partial charge is 0.246 e. The fourth-order valence-electron chi connectivity index (χ4n) is 12.3. The van der Waals surface area contributed by atoms with Crippen LogP contribution in [0.2, 0.25) is 10.0 Å². The Morgan fingerprint density at radius 2 is 1.62 bits per heavy atom. The lowest BCUT2D eigenvalue weighted by Crippen LogP contribution is -2.60. The quantitative estimate of drug-likeness (QED) is 0.0411. The average Bonchev–Trinajstić information content (AvgIpc) is 3.89. The lowest BCUT2D eigenvalue weighted by atomic mass is 9.55. The number of unbranched alkanes of at least 4 members (excludes halogenated alkanes) is 2. The molecule has 9 rings (SSSR count). The van der Waals surface area contributed by atoms with Gasteiger partial charge in [-0.1, -0.05) is 112 Å². The molecule has 1 aromatic heterocycles. The van der Waals surface area contributed by atoms with E-state index in [4.69, 9.17) is 23.2 Å². The molecule has 0 unspecified atom stereocenters. The van der Waals surface area contributed by atoms with Crippen LogP contribution in [0.4, 0.5) is 15.8 Å². The minimum absolute atomic E-state index is 0.0393. The molecule has 3 aliphatic heterocycles. The Balaban J connectivity index is 0.784. The van der Waals surface area contributed by atoms with E-state index < -0.39 is 64.1 Å². The minimum Gasteiger partial charge on any atom is -0.391 e. The number of aryl methyl sites for hydroxylation is 1. The monoisotopic (exact) mass is 1110 g/mol. The third kappa shape index (κ3) is 11.1. The van der Waals surface area contributed by atoms with Gasteiger partial charge in [0.05, 0.1) is 39.3 Å². The minimum atomic E-state index is -1.38. The lowest BCUT2D eigenvalue weighted by Gasteiger charge is -2.47. The zero-order valence-electron chi connectivity index (χ0n) is 43.9. The predicted molar refractivity (Wildman–Crippen MR) is 297 cm³/mol. The van der Waals surface area contributed by atoms with Gasteiger partial charge in [0, 0.05) is 59.2 Å². The van der Waals surface area contributed by atoms with E-state index in [1.54, 1.807) is 71.4 Å². The Labute approximate surface area is 462 Å². The predicted octanol–water partition coefficient (Wildman–Crippen LogP) is 10.4. The van der Waals surface area contributed by atoms with Crippen LogP contribution >= 0.6 is 34.5 Å². The van der Waals surface area contributed by atoms with Crippen LogP contribution in [0, 0.1) is 18.2 Å². The van der Waals surface area contributed by atoms with Crippen molar-refractivity contribution in [1.29, 1.82) is 0 Å². The number of carbonyl (C=O) groups excluding carboxylic acids is 6. The van der Waals surface area contributed by atoms with Gasteiger partial charge in [-0.05, 0) is 110 Å². The van der Waals surface area contributed by atoms with Gasteiger partial charge in [-0.3, -0.25) is 34.1 Å². The summed E-state index contributed by atoms with van der Waals surface area (Å²) in [7, 11) is 0. The zero-order chi connectivity index (χ0) is 55.0. The summed E-state index contributed by atoms with van der Waals surface area (Å²) in [5, 5.41) is 26.6. The van der Waals surface area contributed by atoms with Crippen LogP contribution in [0.15, 0.2) is 90.4 Å². The molecule has 406 valence electrons. The number of thiazole rings is 1. The summed E-state index contributed by atoms with van der Waals surface area (Å²) in [4.78, 5) is 90.9. The number of ketones is 1. The van der Waals surface area contributed by atoms with Crippen molar-refractivity contribution in [3.63, 3.8) is 0 Å². The van der Waals surface area contributed by atoms with Crippen molar-refractivity contribution in [2.45, 2.75) is 152 Å². The van der Waals surface area contributed by atoms with Crippen LogP contribution < -0.4 is 26.6 Å². The molecule has 1 aliphatic carbocycles. The van der Waals surface area contributed by atoms with Gasteiger partial charge in [-0.25, -0.2) is 9.37 Å². The number of anilines is 2. The highest BCUT2D eigenvalue weighted by molar-refractivity contribution is 7.13. The van der Waals surface area contributed by atoms with Gasteiger partial charge in [0.15, 0.2) is 5.78 Å². The van der Waals surface area contributed by atoms with Crippen LogP contribution in [0.5, 0.6) is 0 Å². The van der Waals surface area contributed by atoms with Crippen LogP contribution in [0.25, 0.3) is 10.4 Å². The molecule has 1 saturated carbocycles. The summed E-state index contributed by atoms with van der Waals surface area (Å²) in [6.07, 6.45) is 4.74. The number of halogens is 3.